The smallest absolute Gasteiger partial charge is 0.417 e. The lowest BCUT2D eigenvalue weighted by Crippen LogP contribution is -2.50. The first-order chi connectivity index (χ1) is 11.9. The van der Waals surface area contributed by atoms with Gasteiger partial charge in [-0.1, -0.05) is 11.6 Å². The van der Waals surface area contributed by atoms with Crippen molar-refractivity contribution in [2.45, 2.75) is 51.4 Å². The number of ether oxygens (including phenoxy) is 1. The van der Waals surface area contributed by atoms with Crippen molar-refractivity contribution in [1.82, 2.24) is 9.88 Å². The number of hydrogen-bond acceptors (Lipinski definition) is 4. The summed E-state index contributed by atoms with van der Waals surface area (Å²) in [6.07, 6.45) is -2.61. The summed E-state index contributed by atoms with van der Waals surface area (Å²) in [6.45, 7) is 6.40. The van der Waals surface area contributed by atoms with Gasteiger partial charge in [-0.2, -0.15) is 13.2 Å². The molecule has 2 heterocycles. The molecule has 1 amide bonds. The molecule has 1 aromatic heterocycles. The van der Waals surface area contributed by atoms with Crippen molar-refractivity contribution in [3.63, 3.8) is 0 Å². The molecule has 0 saturated carbocycles. The third kappa shape index (κ3) is 5.16. The fraction of sp³-hybridized carbons (Fsp3) is 0.647. The number of anilines is 1. The fourth-order valence-electron chi connectivity index (χ4n) is 2.76. The number of likely N-dealkylation sites (N-methyl/N-ethyl adjacent to an activating group) is 1. The average Bonchev–Trinajstić information content (AvgIpc) is 2.51. The molecule has 1 atom stereocenters. The van der Waals surface area contributed by atoms with Crippen molar-refractivity contribution in [2.24, 2.45) is 0 Å². The molecule has 9 heteroatoms. The Labute approximate surface area is 156 Å². The Morgan fingerprint density at radius 2 is 2.04 bits per heavy atom. The van der Waals surface area contributed by atoms with Crippen molar-refractivity contribution in [2.75, 3.05) is 25.0 Å². The Morgan fingerprint density at radius 1 is 1.38 bits per heavy atom. The van der Waals surface area contributed by atoms with Gasteiger partial charge in [-0.05, 0) is 39.7 Å². The Kier molecular flexibility index (Phi) is 5.95. The molecule has 1 saturated heterocycles. The van der Waals surface area contributed by atoms with Gasteiger partial charge in [-0.25, -0.2) is 9.78 Å². The molecule has 1 aliphatic heterocycles. The quantitative estimate of drug-likeness (QED) is 0.737. The van der Waals surface area contributed by atoms with E-state index in [-0.39, 0.29) is 11.1 Å². The van der Waals surface area contributed by atoms with Crippen molar-refractivity contribution in [3.8, 4) is 0 Å². The first kappa shape index (κ1) is 20.6. The minimum atomic E-state index is -4.49. The zero-order valence-electron chi connectivity index (χ0n) is 15.2. The molecular weight excluding hydrogens is 371 g/mol. The first-order valence-electron chi connectivity index (χ1n) is 8.32. The topological polar surface area (TPSA) is 45.7 Å². The molecule has 1 aliphatic rings. The minimum absolute atomic E-state index is 0.0552. The summed E-state index contributed by atoms with van der Waals surface area (Å²) in [5.41, 5.74) is -1.48. The molecule has 0 aliphatic carbocycles. The third-order valence-corrected chi connectivity index (χ3v) is 4.35. The number of aromatic nitrogens is 1. The van der Waals surface area contributed by atoms with Crippen LogP contribution in [0.25, 0.3) is 0 Å². The van der Waals surface area contributed by atoms with Gasteiger partial charge in [-0.3, -0.25) is 0 Å². The minimum Gasteiger partial charge on any atom is -0.444 e. The zero-order chi connectivity index (χ0) is 19.7. The number of pyridine rings is 1. The number of carbonyl (C=O) groups excluding carboxylic acids is 1. The van der Waals surface area contributed by atoms with E-state index in [1.165, 1.54) is 4.90 Å². The van der Waals surface area contributed by atoms with Crippen LogP contribution < -0.4 is 4.90 Å². The van der Waals surface area contributed by atoms with Gasteiger partial charge in [0.2, 0.25) is 0 Å². The Balaban J connectivity index is 2.12. The zero-order valence-corrected chi connectivity index (χ0v) is 16.0. The summed E-state index contributed by atoms with van der Waals surface area (Å²) >= 11 is 6.04. The molecule has 26 heavy (non-hydrogen) atoms. The predicted molar refractivity (Wildman–Crippen MR) is 93.5 cm³/mol. The monoisotopic (exact) mass is 393 g/mol. The molecule has 1 fully saturated rings. The summed E-state index contributed by atoms with van der Waals surface area (Å²) in [7, 11) is 1.66. The standard InChI is InChI=1S/C17H23ClF3N3O2/c1-16(2,3)26-15(25)23(4)12-6-5-7-24(10-12)14-13(18)8-11(9-22-14)17(19,20)21/h8-9,12H,5-7,10H2,1-4H3/t12-/m0/s1. The van der Waals surface area contributed by atoms with Gasteiger partial charge in [0.1, 0.15) is 11.4 Å². The third-order valence-electron chi connectivity index (χ3n) is 4.07. The van der Waals surface area contributed by atoms with Gasteiger partial charge in [0.25, 0.3) is 0 Å². The SMILES string of the molecule is CN(C(=O)OC(C)(C)C)[C@H]1CCCN(c2ncc(C(F)(F)F)cc2Cl)C1. The molecule has 0 N–H and O–H groups in total. The van der Waals surface area contributed by atoms with Crippen molar-refractivity contribution < 1.29 is 22.7 Å². The Bertz CT molecular complexity index is 662. The number of amides is 1. The molecule has 0 bridgehead atoms. The maximum atomic E-state index is 12.8. The normalized spacial score (nSPS) is 18.6. The lowest BCUT2D eigenvalue weighted by molar-refractivity contribution is -0.137. The number of carbonyl (C=O) groups is 1. The summed E-state index contributed by atoms with van der Waals surface area (Å²) in [5.74, 6) is 0.293. The van der Waals surface area contributed by atoms with Crippen LogP contribution >= 0.6 is 11.6 Å². The van der Waals surface area contributed by atoms with Gasteiger partial charge in [0.15, 0.2) is 0 Å². The van der Waals surface area contributed by atoms with Gasteiger partial charge in [0, 0.05) is 26.3 Å². The highest BCUT2D eigenvalue weighted by molar-refractivity contribution is 6.33. The fourth-order valence-corrected chi connectivity index (χ4v) is 3.05. The second-order valence-corrected chi connectivity index (χ2v) is 7.77. The van der Waals surface area contributed by atoms with Crippen LogP contribution in [0.4, 0.5) is 23.8 Å². The van der Waals surface area contributed by atoms with E-state index in [9.17, 15) is 18.0 Å². The predicted octanol–water partition coefficient (Wildman–Crippen LogP) is 4.59. The second-order valence-electron chi connectivity index (χ2n) is 7.36. The van der Waals surface area contributed by atoms with Gasteiger partial charge >= 0.3 is 12.3 Å². The van der Waals surface area contributed by atoms with Crippen molar-refractivity contribution in [3.05, 3.63) is 22.8 Å². The van der Waals surface area contributed by atoms with E-state index in [0.717, 1.165) is 25.1 Å². The van der Waals surface area contributed by atoms with E-state index in [2.05, 4.69) is 4.98 Å². The summed E-state index contributed by atoms with van der Waals surface area (Å²) < 4.78 is 43.7. The van der Waals surface area contributed by atoms with Crippen LogP contribution in [0.1, 0.15) is 39.2 Å². The Morgan fingerprint density at radius 3 is 2.58 bits per heavy atom. The number of piperidine rings is 1. The van der Waals surface area contributed by atoms with Crippen molar-refractivity contribution >= 4 is 23.5 Å². The number of hydrogen-bond donors (Lipinski definition) is 0. The first-order valence-corrected chi connectivity index (χ1v) is 8.70. The molecule has 0 aromatic carbocycles. The largest absolute Gasteiger partial charge is 0.444 e. The maximum Gasteiger partial charge on any atom is 0.417 e. The summed E-state index contributed by atoms with van der Waals surface area (Å²) in [6, 6.07) is 0.740. The van der Waals surface area contributed by atoms with E-state index in [4.69, 9.17) is 16.3 Å². The molecule has 2 rings (SSSR count). The molecule has 0 unspecified atom stereocenters. The van der Waals surface area contributed by atoms with Crippen LogP contribution in [0.5, 0.6) is 0 Å². The van der Waals surface area contributed by atoms with E-state index in [1.54, 1.807) is 32.7 Å². The number of nitrogens with zero attached hydrogens (tertiary/aromatic N) is 3. The van der Waals surface area contributed by atoms with Crippen LogP contribution in [-0.4, -0.2) is 47.8 Å². The Hall–Kier alpha value is -1.70. The number of rotatable bonds is 2. The van der Waals surface area contributed by atoms with Gasteiger partial charge in [0.05, 0.1) is 16.6 Å². The van der Waals surface area contributed by atoms with E-state index in [0.29, 0.717) is 18.9 Å². The van der Waals surface area contributed by atoms with Crippen LogP contribution in [-0.2, 0) is 10.9 Å². The number of alkyl halides is 3. The van der Waals surface area contributed by atoms with Crippen LogP contribution in [0, 0.1) is 0 Å². The highest BCUT2D eigenvalue weighted by atomic mass is 35.5. The summed E-state index contributed by atoms with van der Waals surface area (Å²) in [4.78, 5) is 19.5. The molecule has 5 nitrogen and oxygen atoms in total. The lowest BCUT2D eigenvalue weighted by Gasteiger charge is -2.38. The molecule has 1 aromatic rings. The maximum absolute atomic E-state index is 12.8. The van der Waals surface area contributed by atoms with Gasteiger partial charge in [-0.15, -0.1) is 0 Å². The molecule has 146 valence electrons. The van der Waals surface area contributed by atoms with E-state index >= 15 is 0 Å². The lowest BCUT2D eigenvalue weighted by atomic mass is 10.0. The molecule has 0 spiro atoms. The van der Waals surface area contributed by atoms with Gasteiger partial charge < -0.3 is 14.5 Å². The van der Waals surface area contributed by atoms with Crippen molar-refractivity contribution in [1.29, 1.82) is 0 Å². The highest BCUT2D eigenvalue weighted by Gasteiger charge is 2.33. The van der Waals surface area contributed by atoms with Crippen LogP contribution in [0.3, 0.4) is 0 Å². The van der Waals surface area contributed by atoms with E-state index < -0.39 is 23.4 Å². The summed E-state index contributed by atoms with van der Waals surface area (Å²) in [5, 5.41) is -0.0552. The van der Waals surface area contributed by atoms with E-state index in [1.807, 2.05) is 0 Å². The molecule has 0 radical (unpaired) electrons. The number of halogens is 4. The average molecular weight is 394 g/mol. The molecular formula is C17H23ClF3N3O2. The van der Waals surface area contributed by atoms with Crippen LogP contribution in [0.15, 0.2) is 12.3 Å². The van der Waals surface area contributed by atoms with Crippen LogP contribution in [0.2, 0.25) is 5.02 Å². The second kappa shape index (κ2) is 7.50. The highest BCUT2D eigenvalue weighted by Crippen LogP contribution is 2.34.